The predicted octanol–water partition coefficient (Wildman–Crippen LogP) is 10.7. The van der Waals surface area contributed by atoms with Crippen molar-refractivity contribution in [3.8, 4) is 70.0 Å². The summed E-state index contributed by atoms with van der Waals surface area (Å²) in [6.07, 6.45) is 0. The van der Waals surface area contributed by atoms with Crippen molar-refractivity contribution in [1.29, 1.82) is 0 Å². The van der Waals surface area contributed by atoms with Gasteiger partial charge in [-0.2, -0.15) is 0 Å². The lowest BCUT2D eigenvalue weighted by Crippen LogP contribution is -1.93. The molecule has 0 bridgehead atoms. The highest BCUT2D eigenvalue weighted by atomic mass is 16.3. The SMILES string of the molecule is Oc1ccc2c(C#Cc3ccccc3)cc(C#Cc3ccccc3)cc2c1-c1c(O)ccc2c(C#Cc3ccccc3)cc(C#Cc3ccccc3)cc12. The molecule has 0 fully saturated rings. The molecule has 0 saturated carbocycles. The van der Waals surface area contributed by atoms with Gasteiger partial charge in [-0.15, -0.1) is 0 Å². The molecule has 250 valence electrons. The Kier molecular flexibility index (Phi) is 9.34. The number of fused-ring (bicyclic) bond motifs is 2. The summed E-state index contributed by atoms with van der Waals surface area (Å²) in [5, 5.41) is 26.5. The normalized spacial score (nSPS) is 10.1. The van der Waals surface area contributed by atoms with Crippen LogP contribution in [0.4, 0.5) is 0 Å². The third-order valence-electron chi connectivity index (χ3n) is 8.96. The van der Waals surface area contributed by atoms with Crippen molar-refractivity contribution < 1.29 is 10.2 Å². The van der Waals surface area contributed by atoms with E-state index in [4.69, 9.17) is 0 Å². The van der Waals surface area contributed by atoms with Crippen molar-refractivity contribution in [3.05, 3.63) is 214 Å². The zero-order valence-electron chi connectivity index (χ0n) is 29.1. The molecule has 2 heteroatoms. The summed E-state index contributed by atoms with van der Waals surface area (Å²) in [6.45, 7) is 0. The molecule has 0 atom stereocenters. The molecule has 8 rings (SSSR count). The second kappa shape index (κ2) is 15.2. The van der Waals surface area contributed by atoms with Gasteiger partial charge < -0.3 is 10.2 Å². The Labute approximate surface area is 315 Å². The number of benzene rings is 8. The fourth-order valence-electron chi connectivity index (χ4n) is 6.38. The molecule has 0 radical (unpaired) electrons. The standard InChI is InChI=1S/C52H30O2/c53-49-31-29-45-43(27-25-39-17-9-3-10-18-39)33-41(23-21-37-13-5-1-6-14-37)35-47(45)51(49)52-48-36-42(24-22-38-15-7-2-8-16-38)34-44(46(48)30-32-50(52)54)28-26-40-19-11-4-12-20-40/h1-20,29-36,53-54H. The summed E-state index contributed by atoms with van der Waals surface area (Å²) in [6, 6.07) is 54.2. The minimum absolute atomic E-state index is 0.0122. The zero-order valence-corrected chi connectivity index (χ0v) is 29.1. The van der Waals surface area contributed by atoms with Crippen LogP contribution in [0.1, 0.15) is 44.5 Å². The van der Waals surface area contributed by atoms with Gasteiger partial charge in [-0.05, 0) is 119 Å². The average molecular weight is 687 g/mol. The molecular weight excluding hydrogens is 657 g/mol. The highest BCUT2D eigenvalue weighted by molar-refractivity contribution is 6.12. The van der Waals surface area contributed by atoms with E-state index in [2.05, 4.69) is 47.4 Å². The van der Waals surface area contributed by atoms with Gasteiger partial charge in [0.05, 0.1) is 0 Å². The second-order valence-corrected chi connectivity index (χ2v) is 12.6. The van der Waals surface area contributed by atoms with Crippen LogP contribution in [0.25, 0.3) is 32.7 Å². The summed E-state index contributed by atoms with van der Waals surface area (Å²) in [5.74, 6) is 26.6. The number of hydrogen-bond acceptors (Lipinski definition) is 2. The van der Waals surface area contributed by atoms with Crippen LogP contribution < -0.4 is 0 Å². The summed E-state index contributed by atoms with van der Waals surface area (Å²) in [7, 11) is 0. The van der Waals surface area contributed by atoms with E-state index in [9.17, 15) is 10.2 Å². The molecular formula is C52H30O2. The molecule has 2 nitrogen and oxygen atoms in total. The van der Waals surface area contributed by atoms with E-state index in [0.29, 0.717) is 21.9 Å². The van der Waals surface area contributed by atoms with Gasteiger partial charge in [-0.1, -0.05) is 120 Å². The van der Waals surface area contributed by atoms with Gasteiger partial charge in [0.1, 0.15) is 11.5 Å². The van der Waals surface area contributed by atoms with Gasteiger partial charge >= 0.3 is 0 Å². The third kappa shape index (κ3) is 7.28. The van der Waals surface area contributed by atoms with Crippen LogP contribution in [-0.2, 0) is 0 Å². The van der Waals surface area contributed by atoms with Crippen molar-refractivity contribution in [3.63, 3.8) is 0 Å². The first kappa shape index (κ1) is 33.3. The molecule has 0 amide bonds. The molecule has 2 N–H and O–H groups in total. The summed E-state index contributed by atoms with van der Waals surface area (Å²) in [4.78, 5) is 0. The molecule has 0 aliphatic carbocycles. The fourth-order valence-corrected chi connectivity index (χ4v) is 6.38. The second-order valence-electron chi connectivity index (χ2n) is 12.6. The van der Waals surface area contributed by atoms with E-state index in [1.807, 2.05) is 158 Å². The largest absolute Gasteiger partial charge is 0.507 e. The van der Waals surface area contributed by atoms with E-state index in [0.717, 1.165) is 55.3 Å². The lowest BCUT2D eigenvalue weighted by Gasteiger charge is -2.16. The van der Waals surface area contributed by atoms with Gasteiger partial charge in [0.2, 0.25) is 0 Å². The van der Waals surface area contributed by atoms with Crippen molar-refractivity contribution in [2.45, 2.75) is 0 Å². The Hall–Kier alpha value is -7.88. The van der Waals surface area contributed by atoms with E-state index >= 15 is 0 Å². The van der Waals surface area contributed by atoms with Crippen molar-refractivity contribution >= 4 is 21.5 Å². The highest BCUT2D eigenvalue weighted by Crippen LogP contribution is 2.46. The first-order chi connectivity index (χ1) is 26.6. The molecule has 8 aromatic rings. The van der Waals surface area contributed by atoms with Crippen molar-refractivity contribution in [1.82, 2.24) is 0 Å². The molecule has 54 heavy (non-hydrogen) atoms. The minimum Gasteiger partial charge on any atom is -0.507 e. The van der Waals surface area contributed by atoms with Crippen LogP contribution in [0.15, 0.2) is 170 Å². The first-order valence-corrected chi connectivity index (χ1v) is 17.5. The number of phenolic OH excluding ortho intramolecular Hbond substituents is 2. The Morgan fingerprint density at radius 1 is 0.259 bits per heavy atom. The third-order valence-corrected chi connectivity index (χ3v) is 8.96. The van der Waals surface area contributed by atoms with Crippen molar-refractivity contribution in [2.24, 2.45) is 0 Å². The van der Waals surface area contributed by atoms with Crippen LogP contribution in [0.3, 0.4) is 0 Å². The van der Waals surface area contributed by atoms with Crippen LogP contribution in [0, 0.1) is 47.4 Å². The van der Waals surface area contributed by atoms with Gasteiger partial charge in [0, 0.05) is 55.6 Å². The maximum absolute atomic E-state index is 11.7. The van der Waals surface area contributed by atoms with Gasteiger partial charge in [0.25, 0.3) is 0 Å². The molecule has 0 saturated heterocycles. The lowest BCUT2D eigenvalue weighted by molar-refractivity contribution is 0.470. The summed E-state index contributed by atoms with van der Waals surface area (Å²) < 4.78 is 0. The molecule has 0 aliphatic heterocycles. The Morgan fingerprint density at radius 2 is 0.556 bits per heavy atom. The quantitative estimate of drug-likeness (QED) is 0.169. The predicted molar refractivity (Wildman–Crippen MR) is 220 cm³/mol. The van der Waals surface area contributed by atoms with Crippen LogP contribution in [-0.4, -0.2) is 10.2 Å². The van der Waals surface area contributed by atoms with Crippen LogP contribution in [0.5, 0.6) is 11.5 Å². The molecule has 0 unspecified atom stereocenters. The summed E-state index contributed by atoms with van der Waals surface area (Å²) >= 11 is 0. The monoisotopic (exact) mass is 686 g/mol. The number of hydrogen-bond donors (Lipinski definition) is 2. The van der Waals surface area contributed by atoms with E-state index in [1.54, 1.807) is 12.1 Å². The van der Waals surface area contributed by atoms with Gasteiger partial charge in [-0.3, -0.25) is 0 Å². The number of aromatic hydroxyl groups is 2. The first-order valence-electron chi connectivity index (χ1n) is 17.5. The molecule has 0 aromatic heterocycles. The molecule has 0 aliphatic rings. The maximum atomic E-state index is 11.7. The Morgan fingerprint density at radius 3 is 0.889 bits per heavy atom. The zero-order chi connectivity index (χ0) is 36.7. The number of phenols is 2. The van der Waals surface area contributed by atoms with Crippen LogP contribution >= 0.6 is 0 Å². The minimum atomic E-state index is 0.0122. The van der Waals surface area contributed by atoms with E-state index in [1.165, 1.54) is 0 Å². The molecule has 8 aromatic carbocycles. The fraction of sp³-hybridized carbons (Fsp3) is 0. The smallest absolute Gasteiger partial charge is 0.124 e. The molecule has 0 heterocycles. The van der Waals surface area contributed by atoms with E-state index in [-0.39, 0.29) is 11.5 Å². The Bertz CT molecular complexity index is 2730. The lowest BCUT2D eigenvalue weighted by atomic mass is 9.88. The topological polar surface area (TPSA) is 40.5 Å². The van der Waals surface area contributed by atoms with Gasteiger partial charge in [0.15, 0.2) is 0 Å². The number of rotatable bonds is 1. The summed E-state index contributed by atoms with van der Waals surface area (Å²) in [5.41, 5.74) is 7.40. The van der Waals surface area contributed by atoms with E-state index < -0.39 is 0 Å². The van der Waals surface area contributed by atoms with Crippen LogP contribution in [0.2, 0.25) is 0 Å². The maximum Gasteiger partial charge on any atom is 0.124 e. The average Bonchev–Trinajstić information content (AvgIpc) is 3.22. The van der Waals surface area contributed by atoms with Crippen molar-refractivity contribution in [2.75, 3.05) is 0 Å². The van der Waals surface area contributed by atoms with Gasteiger partial charge in [-0.25, -0.2) is 0 Å². The Balaban J connectivity index is 1.40. The highest BCUT2D eigenvalue weighted by Gasteiger charge is 2.20. The molecule has 0 spiro atoms.